The number of hydrogen-bond acceptors (Lipinski definition) is 4. The first-order valence-electron chi connectivity index (χ1n) is 7.19. The number of hydrogen-bond donors (Lipinski definition) is 1. The molecule has 0 saturated carbocycles. The van der Waals surface area contributed by atoms with Gasteiger partial charge in [-0.1, -0.05) is 18.2 Å². The first-order chi connectivity index (χ1) is 10.2. The van der Waals surface area contributed by atoms with E-state index in [4.69, 9.17) is 0 Å². The van der Waals surface area contributed by atoms with Crippen molar-refractivity contribution in [2.45, 2.75) is 20.4 Å². The predicted molar refractivity (Wildman–Crippen MR) is 81.0 cm³/mol. The second kappa shape index (κ2) is 7.54. The third kappa shape index (κ3) is 4.13. The Hall–Kier alpha value is -2.21. The van der Waals surface area contributed by atoms with Crippen LogP contribution in [0.15, 0.2) is 36.5 Å². The first-order valence-corrected chi connectivity index (χ1v) is 7.19. The highest BCUT2D eigenvalue weighted by Crippen LogP contribution is 2.03. The number of para-hydroxylation sites is 1. The maximum Gasteiger partial charge on any atom is 0.236 e. The molecule has 0 atom stereocenters. The number of likely N-dealkylation sites (N-methyl/N-ethyl adjacent to an activating group) is 1. The number of benzene rings is 1. The molecule has 6 heteroatoms. The van der Waals surface area contributed by atoms with Crippen molar-refractivity contribution in [3.8, 4) is 5.69 Å². The van der Waals surface area contributed by atoms with E-state index in [-0.39, 0.29) is 5.91 Å². The molecular weight excluding hydrogens is 266 g/mol. The minimum atomic E-state index is 0.107. The monoisotopic (exact) mass is 287 g/mol. The summed E-state index contributed by atoms with van der Waals surface area (Å²) in [6, 6.07) is 9.73. The molecule has 0 bridgehead atoms. The van der Waals surface area contributed by atoms with E-state index in [0.717, 1.165) is 24.5 Å². The summed E-state index contributed by atoms with van der Waals surface area (Å²) in [4.78, 5) is 15.2. The molecule has 0 unspecified atom stereocenters. The van der Waals surface area contributed by atoms with Gasteiger partial charge in [-0.15, -0.1) is 0 Å². The molecule has 1 amide bonds. The Morgan fingerprint density at radius 2 is 1.95 bits per heavy atom. The van der Waals surface area contributed by atoms with E-state index in [9.17, 15) is 4.79 Å². The van der Waals surface area contributed by atoms with E-state index in [2.05, 4.69) is 15.5 Å². The highest BCUT2D eigenvalue weighted by molar-refractivity contribution is 5.78. The smallest absolute Gasteiger partial charge is 0.236 e. The molecule has 1 aromatic heterocycles. The van der Waals surface area contributed by atoms with Crippen molar-refractivity contribution < 1.29 is 4.79 Å². The van der Waals surface area contributed by atoms with Crippen molar-refractivity contribution in [3.63, 3.8) is 0 Å². The molecule has 1 aromatic carbocycles. The van der Waals surface area contributed by atoms with Gasteiger partial charge >= 0.3 is 0 Å². The molecule has 0 aliphatic rings. The number of nitrogens with one attached hydrogen (secondary N) is 1. The van der Waals surface area contributed by atoms with E-state index in [1.54, 1.807) is 15.9 Å². The van der Waals surface area contributed by atoms with Crippen molar-refractivity contribution in [3.05, 3.63) is 42.2 Å². The van der Waals surface area contributed by atoms with Gasteiger partial charge in [-0.05, 0) is 26.0 Å². The van der Waals surface area contributed by atoms with Gasteiger partial charge < -0.3 is 10.2 Å². The maximum atomic E-state index is 11.8. The molecular formula is C15H21N5O. The minimum absolute atomic E-state index is 0.107. The third-order valence-corrected chi connectivity index (χ3v) is 3.22. The Balaban J connectivity index is 1.85. The van der Waals surface area contributed by atoms with E-state index in [1.807, 2.05) is 44.2 Å². The zero-order valence-electron chi connectivity index (χ0n) is 12.5. The van der Waals surface area contributed by atoms with Crippen LogP contribution in [0.1, 0.15) is 19.5 Å². The molecule has 0 aliphatic heterocycles. The zero-order chi connectivity index (χ0) is 15.1. The molecule has 21 heavy (non-hydrogen) atoms. The summed E-state index contributed by atoms with van der Waals surface area (Å²) < 4.78 is 0. The van der Waals surface area contributed by atoms with Crippen molar-refractivity contribution in [2.75, 3.05) is 19.6 Å². The highest BCUT2D eigenvalue weighted by atomic mass is 16.2. The highest BCUT2D eigenvalue weighted by Gasteiger charge is 2.09. The molecule has 2 rings (SSSR count). The van der Waals surface area contributed by atoms with Crippen molar-refractivity contribution in [1.29, 1.82) is 0 Å². The number of aromatic nitrogens is 3. The van der Waals surface area contributed by atoms with E-state index >= 15 is 0 Å². The minimum Gasteiger partial charge on any atom is -0.342 e. The Morgan fingerprint density at radius 3 is 2.62 bits per heavy atom. The summed E-state index contributed by atoms with van der Waals surface area (Å²) in [5, 5.41) is 11.7. The molecule has 0 radical (unpaired) electrons. The Bertz CT molecular complexity index is 562. The summed E-state index contributed by atoms with van der Waals surface area (Å²) in [5.74, 6) is 0.107. The van der Waals surface area contributed by atoms with E-state index in [0.29, 0.717) is 13.1 Å². The molecule has 2 aromatic rings. The molecule has 0 fully saturated rings. The second-order valence-corrected chi connectivity index (χ2v) is 4.63. The van der Waals surface area contributed by atoms with Gasteiger partial charge in [-0.3, -0.25) is 4.79 Å². The molecule has 1 N–H and O–H groups in total. The van der Waals surface area contributed by atoms with Gasteiger partial charge in [0.05, 0.1) is 24.1 Å². The molecule has 1 heterocycles. The van der Waals surface area contributed by atoms with Crippen LogP contribution in [0, 0.1) is 0 Å². The Kier molecular flexibility index (Phi) is 5.45. The molecule has 0 spiro atoms. The normalized spacial score (nSPS) is 10.6. The van der Waals surface area contributed by atoms with E-state index in [1.165, 1.54) is 0 Å². The van der Waals surface area contributed by atoms with E-state index < -0.39 is 0 Å². The topological polar surface area (TPSA) is 63.1 Å². The summed E-state index contributed by atoms with van der Waals surface area (Å²) in [6.45, 7) is 6.28. The lowest BCUT2D eigenvalue weighted by molar-refractivity contribution is -0.129. The fourth-order valence-corrected chi connectivity index (χ4v) is 2.05. The summed E-state index contributed by atoms with van der Waals surface area (Å²) in [7, 11) is 0. The number of nitrogens with zero attached hydrogens (tertiary/aromatic N) is 4. The van der Waals surface area contributed by atoms with Crippen LogP contribution in [0.25, 0.3) is 5.69 Å². The zero-order valence-corrected chi connectivity index (χ0v) is 12.5. The number of amides is 1. The second-order valence-electron chi connectivity index (χ2n) is 4.63. The lowest BCUT2D eigenvalue weighted by atomic mass is 10.3. The number of carbonyl (C=O) groups is 1. The van der Waals surface area contributed by atoms with Crippen molar-refractivity contribution in [1.82, 2.24) is 25.2 Å². The number of rotatable bonds is 7. The van der Waals surface area contributed by atoms with Crippen LogP contribution >= 0.6 is 0 Å². The predicted octanol–water partition coefficient (Wildman–Crippen LogP) is 1.23. The molecule has 6 nitrogen and oxygen atoms in total. The van der Waals surface area contributed by atoms with Crippen molar-refractivity contribution in [2.24, 2.45) is 0 Å². The largest absolute Gasteiger partial charge is 0.342 e. The van der Waals surface area contributed by atoms with Gasteiger partial charge in [0, 0.05) is 19.6 Å². The van der Waals surface area contributed by atoms with Crippen LogP contribution in [0.5, 0.6) is 0 Å². The van der Waals surface area contributed by atoms with Gasteiger partial charge in [0.15, 0.2) is 0 Å². The Labute approximate surface area is 124 Å². The van der Waals surface area contributed by atoms with Gasteiger partial charge in [0.1, 0.15) is 0 Å². The van der Waals surface area contributed by atoms with Crippen LogP contribution < -0.4 is 5.32 Å². The average molecular weight is 287 g/mol. The first kappa shape index (κ1) is 15.2. The molecule has 112 valence electrons. The van der Waals surface area contributed by atoms with Crippen LogP contribution in [0.2, 0.25) is 0 Å². The fraction of sp³-hybridized carbons (Fsp3) is 0.400. The van der Waals surface area contributed by atoms with Crippen LogP contribution in [0.3, 0.4) is 0 Å². The quantitative estimate of drug-likeness (QED) is 0.832. The third-order valence-electron chi connectivity index (χ3n) is 3.22. The molecule has 0 aliphatic carbocycles. The van der Waals surface area contributed by atoms with Crippen LogP contribution in [-0.2, 0) is 11.3 Å². The lowest BCUT2D eigenvalue weighted by Gasteiger charge is -2.18. The summed E-state index contributed by atoms with van der Waals surface area (Å²) in [6.07, 6.45) is 1.71. The lowest BCUT2D eigenvalue weighted by Crippen LogP contribution is -2.37. The Morgan fingerprint density at radius 1 is 1.24 bits per heavy atom. The summed E-state index contributed by atoms with van der Waals surface area (Å²) in [5.41, 5.74) is 1.73. The average Bonchev–Trinajstić information content (AvgIpc) is 2.98. The summed E-state index contributed by atoms with van der Waals surface area (Å²) >= 11 is 0. The maximum absolute atomic E-state index is 11.8. The van der Waals surface area contributed by atoms with Crippen molar-refractivity contribution >= 4 is 5.91 Å². The van der Waals surface area contributed by atoms with Gasteiger partial charge in [-0.25, -0.2) is 0 Å². The van der Waals surface area contributed by atoms with Gasteiger partial charge in [-0.2, -0.15) is 15.0 Å². The SMILES string of the molecule is CCN(CC)C(=O)CNCc1cnn(-c2ccccc2)n1. The molecule has 0 saturated heterocycles. The standard InChI is InChI=1S/C15H21N5O/c1-3-19(4-2)15(21)12-16-10-13-11-17-20(18-13)14-8-6-5-7-9-14/h5-9,11,16H,3-4,10,12H2,1-2H3. The number of carbonyl (C=O) groups excluding carboxylic acids is 1. The van der Waals surface area contributed by atoms with Gasteiger partial charge in [0.25, 0.3) is 0 Å². The van der Waals surface area contributed by atoms with Crippen LogP contribution in [0.4, 0.5) is 0 Å². The fourth-order valence-electron chi connectivity index (χ4n) is 2.05. The van der Waals surface area contributed by atoms with Gasteiger partial charge in [0.2, 0.25) is 5.91 Å². The van der Waals surface area contributed by atoms with Crippen LogP contribution in [-0.4, -0.2) is 45.4 Å².